The zero-order valence-electron chi connectivity index (χ0n) is 13.5. The molecule has 3 rings (SSSR count). The first-order valence-electron chi connectivity index (χ1n) is 7.30. The fourth-order valence-corrected chi connectivity index (χ4v) is 3.55. The fraction of sp³-hybridized carbons (Fsp3) is 0.0625. The van der Waals surface area contributed by atoms with Crippen molar-refractivity contribution in [2.45, 2.75) is 0 Å². The van der Waals surface area contributed by atoms with E-state index >= 15 is 0 Å². The Balaban J connectivity index is 1.92. The first kappa shape index (κ1) is 18.0. The number of hydrogen-bond donors (Lipinski definition) is 3. The zero-order chi connectivity index (χ0) is 18.9. The van der Waals surface area contributed by atoms with Crippen molar-refractivity contribution < 1.29 is 13.2 Å². The number of carbonyl (C=O) groups is 1. The van der Waals surface area contributed by atoms with Gasteiger partial charge in [-0.1, -0.05) is 12.1 Å². The van der Waals surface area contributed by atoms with Crippen LogP contribution in [-0.2, 0) is 14.8 Å². The highest BCUT2D eigenvalue weighted by Gasteiger charge is 2.19. The van der Waals surface area contributed by atoms with E-state index in [0.29, 0.717) is 27.3 Å². The Bertz CT molecular complexity index is 1100. The van der Waals surface area contributed by atoms with Crippen LogP contribution >= 0.6 is 11.8 Å². The van der Waals surface area contributed by atoms with E-state index < -0.39 is 15.9 Å². The number of nitrogens with one attached hydrogen (secondary N) is 2. The molecule has 134 valence electrons. The van der Waals surface area contributed by atoms with Gasteiger partial charge in [0.05, 0.1) is 11.2 Å². The van der Waals surface area contributed by atoms with Crippen molar-refractivity contribution in [2.24, 2.45) is 10.7 Å². The number of nitrogens with zero attached hydrogens (tertiary/aromatic N) is 1. The molecule has 0 fully saturated rings. The van der Waals surface area contributed by atoms with Crippen LogP contribution in [0.4, 0.5) is 5.69 Å². The van der Waals surface area contributed by atoms with Gasteiger partial charge in [0.15, 0.2) is 5.17 Å². The van der Waals surface area contributed by atoms with Crippen LogP contribution in [0.2, 0.25) is 0 Å². The molecule has 2 aromatic rings. The Labute approximate surface area is 153 Å². The third kappa shape index (κ3) is 4.21. The predicted molar refractivity (Wildman–Crippen MR) is 103 cm³/mol. The smallest absolute Gasteiger partial charge is 0.286 e. The van der Waals surface area contributed by atoms with Gasteiger partial charge in [0.1, 0.15) is 0 Å². The molecule has 1 aromatic heterocycles. The van der Waals surface area contributed by atoms with Crippen LogP contribution in [0.3, 0.4) is 0 Å². The first-order valence-corrected chi connectivity index (χ1v) is 10.0. The van der Waals surface area contributed by atoms with E-state index in [9.17, 15) is 18.0 Å². The average Bonchev–Trinajstić information content (AvgIpc) is 2.86. The summed E-state index contributed by atoms with van der Waals surface area (Å²) < 4.78 is 24.9. The summed E-state index contributed by atoms with van der Waals surface area (Å²) in [6.07, 6.45) is 4.14. The summed E-state index contributed by atoms with van der Waals surface area (Å²) >= 11 is 1.06. The molecule has 0 bridgehead atoms. The average molecular weight is 390 g/mol. The van der Waals surface area contributed by atoms with Gasteiger partial charge < -0.3 is 10.7 Å². The van der Waals surface area contributed by atoms with Gasteiger partial charge in [-0.05, 0) is 47.2 Å². The molecule has 0 saturated heterocycles. The van der Waals surface area contributed by atoms with E-state index in [4.69, 9.17) is 5.73 Å². The number of rotatable bonds is 4. The molecule has 1 aromatic carbocycles. The largest absolute Gasteiger partial charge is 0.378 e. The van der Waals surface area contributed by atoms with Crippen LogP contribution in [-0.4, -0.2) is 30.7 Å². The van der Waals surface area contributed by atoms with E-state index in [-0.39, 0.29) is 10.7 Å². The number of amides is 1. The minimum absolute atomic E-state index is 0.180. The van der Waals surface area contributed by atoms with E-state index in [1.165, 1.54) is 6.20 Å². The number of sulfonamides is 1. The summed E-state index contributed by atoms with van der Waals surface area (Å²) in [5.74, 6) is -0.420. The van der Waals surface area contributed by atoms with Crippen LogP contribution in [0.15, 0.2) is 51.2 Å². The number of thioether (sulfide) groups is 1. The molecule has 0 unspecified atom stereocenters. The monoisotopic (exact) mass is 390 g/mol. The van der Waals surface area contributed by atoms with E-state index in [2.05, 4.69) is 14.7 Å². The molecule has 26 heavy (non-hydrogen) atoms. The summed E-state index contributed by atoms with van der Waals surface area (Å²) in [5, 5.41) is 0.180. The van der Waals surface area contributed by atoms with Crippen molar-refractivity contribution >= 4 is 44.6 Å². The molecule has 0 spiro atoms. The molecule has 2 heterocycles. The van der Waals surface area contributed by atoms with Gasteiger partial charge >= 0.3 is 0 Å². The molecule has 1 aliphatic rings. The number of pyridine rings is 1. The number of aromatic amines is 1. The van der Waals surface area contributed by atoms with Crippen molar-refractivity contribution in [2.75, 3.05) is 11.0 Å². The quantitative estimate of drug-likeness (QED) is 0.675. The van der Waals surface area contributed by atoms with Gasteiger partial charge in [0.2, 0.25) is 10.0 Å². The van der Waals surface area contributed by atoms with Crippen molar-refractivity contribution in [1.29, 1.82) is 0 Å². The molecular weight excluding hydrogens is 376 g/mol. The Morgan fingerprint density at radius 3 is 2.50 bits per heavy atom. The van der Waals surface area contributed by atoms with Crippen molar-refractivity contribution in [1.82, 2.24) is 4.98 Å². The second kappa shape index (κ2) is 6.81. The SMILES string of the molecule is CS(=O)(=O)Nc1ccc(-c2cc(C=C3SC(N)=NC3=O)c[nH]c2=O)cc1. The third-order valence-electron chi connectivity index (χ3n) is 3.36. The van der Waals surface area contributed by atoms with Crippen LogP contribution in [0.25, 0.3) is 17.2 Å². The number of benzene rings is 1. The molecule has 1 amide bonds. The predicted octanol–water partition coefficient (Wildman–Crippen LogP) is 1.34. The Kier molecular flexibility index (Phi) is 4.70. The van der Waals surface area contributed by atoms with Crippen molar-refractivity contribution in [3.05, 3.63) is 57.4 Å². The molecule has 0 aliphatic carbocycles. The number of nitrogens with two attached hydrogens (primary N) is 1. The highest BCUT2D eigenvalue weighted by Crippen LogP contribution is 2.27. The van der Waals surface area contributed by atoms with Crippen molar-refractivity contribution in [3.63, 3.8) is 0 Å². The maximum absolute atomic E-state index is 12.1. The third-order valence-corrected chi connectivity index (χ3v) is 4.78. The number of aromatic nitrogens is 1. The minimum Gasteiger partial charge on any atom is -0.378 e. The number of hydrogen-bond acceptors (Lipinski definition) is 6. The lowest BCUT2D eigenvalue weighted by atomic mass is 10.1. The highest BCUT2D eigenvalue weighted by atomic mass is 32.2. The molecule has 0 atom stereocenters. The van der Waals surface area contributed by atoms with E-state index in [1.54, 1.807) is 36.4 Å². The minimum atomic E-state index is -3.37. The summed E-state index contributed by atoms with van der Waals surface area (Å²) in [4.78, 5) is 30.4. The fourth-order valence-electron chi connectivity index (χ4n) is 2.31. The van der Waals surface area contributed by atoms with Gasteiger partial charge in [0, 0.05) is 17.4 Å². The lowest BCUT2D eigenvalue weighted by molar-refractivity contribution is -0.113. The lowest BCUT2D eigenvalue weighted by Crippen LogP contribution is -2.10. The maximum Gasteiger partial charge on any atom is 0.286 e. The number of aliphatic imine (C=N–C) groups is 1. The summed E-state index contributed by atoms with van der Waals surface area (Å²) in [5.41, 5.74) is 7.20. The molecule has 8 nitrogen and oxygen atoms in total. The van der Waals surface area contributed by atoms with Gasteiger partial charge in [-0.15, -0.1) is 0 Å². The Morgan fingerprint density at radius 2 is 1.92 bits per heavy atom. The topological polar surface area (TPSA) is 134 Å². The van der Waals surface area contributed by atoms with Crippen LogP contribution < -0.4 is 16.0 Å². The lowest BCUT2D eigenvalue weighted by Gasteiger charge is -2.06. The second-order valence-electron chi connectivity index (χ2n) is 5.49. The van der Waals surface area contributed by atoms with E-state index in [1.807, 2.05) is 0 Å². The highest BCUT2D eigenvalue weighted by molar-refractivity contribution is 8.18. The molecule has 1 aliphatic heterocycles. The number of H-pyrrole nitrogens is 1. The summed E-state index contributed by atoms with van der Waals surface area (Å²) in [6.45, 7) is 0. The van der Waals surface area contributed by atoms with Gasteiger partial charge in [-0.2, -0.15) is 4.99 Å². The maximum atomic E-state index is 12.1. The standard InChI is InChI=1S/C16H14N4O4S2/c1-26(23,24)20-11-4-2-10(3-5-11)12-6-9(8-18-14(12)21)7-13-15(22)19-16(17)25-13/h2-8,20H,1H3,(H,18,21)(H2,17,19,22). The Hall–Kier alpha value is -2.85. The molecular formula is C16H14N4O4S2. The number of amidine groups is 1. The first-order chi connectivity index (χ1) is 12.2. The Morgan fingerprint density at radius 1 is 1.23 bits per heavy atom. The van der Waals surface area contributed by atoms with Gasteiger partial charge in [-0.3, -0.25) is 14.3 Å². The van der Waals surface area contributed by atoms with Gasteiger partial charge in [0.25, 0.3) is 11.5 Å². The van der Waals surface area contributed by atoms with Crippen molar-refractivity contribution in [3.8, 4) is 11.1 Å². The van der Waals surface area contributed by atoms with Crippen LogP contribution in [0, 0.1) is 0 Å². The van der Waals surface area contributed by atoms with Crippen LogP contribution in [0.5, 0.6) is 0 Å². The van der Waals surface area contributed by atoms with Crippen LogP contribution in [0.1, 0.15) is 5.56 Å². The second-order valence-corrected chi connectivity index (χ2v) is 8.30. The molecule has 0 radical (unpaired) electrons. The molecule has 0 saturated carbocycles. The normalized spacial score (nSPS) is 16.0. The zero-order valence-corrected chi connectivity index (χ0v) is 15.1. The number of anilines is 1. The van der Waals surface area contributed by atoms with Gasteiger partial charge in [-0.25, -0.2) is 8.42 Å². The molecule has 4 N–H and O–H groups in total. The summed E-state index contributed by atoms with van der Waals surface area (Å²) in [6, 6.07) is 8.02. The van der Waals surface area contributed by atoms with E-state index in [0.717, 1.165) is 18.0 Å². The summed E-state index contributed by atoms with van der Waals surface area (Å²) in [7, 11) is -3.37. The number of carbonyl (C=O) groups excluding carboxylic acids is 1. The molecule has 10 heteroatoms.